The van der Waals surface area contributed by atoms with Crippen molar-refractivity contribution in [3.63, 3.8) is 0 Å². The predicted octanol–water partition coefficient (Wildman–Crippen LogP) is 3.69. The normalized spacial score (nSPS) is 11.6. The van der Waals surface area contributed by atoms with Crippen LogP contribution in [0.25, 0.3) is 0 Å². The van der Waals surface area contributed by atoms with E-state index in [4.69, 9.17) is 0 Å². The topological polar surface area (TPSA) is 55.2 Å². The standard InChI is InChI=1S/C13H20N2O2/c1-10(2)13(3,4)9-14-11-6-5-7-12(8-11)15(16)17/h5-8,10,14H,9H2,1-4H3. The molecule has 4 nitrogen and oxygen atoms in total. The molecule has 0 bridgehead atoms. The van der Waals surface area contributed by atoms with Crippen LogP contribution in [0.2, 0.25) is 0 Å². The highest BCUT2D eigenvalue weighted by molar-refractivity contribution is 5.51. The molecule has 1 rings (SSSR count). The van der Waals surface area contributed by atoms with Gasteiger partial charge in [0, 0.05) is 24.4 Å². The van der Waals surface area contributed by atoms with E-state index in [1.165, 1.54) is 6.07 Å². The van der Waals surface area contributed by atoms with Gasteiger partial charge in [-0.1, -0.05) is 33.8 Å². The molecule has 0 saturated carbocycles. The number of hydrogen-bond acceptors (Lipinski definition) is 3. The Bertz CT molecular complexity index is 400. The number of nitro benzene ring substituents is 1. The first-order valence-electron chi connectivity index (χ1n) is 5.81. The van der Waals surface area contributed by atoms with Crippen LogP contribution in [0.5, 0.6) is 0 Å². The van der Waals surface area contributed by atoms with Crippen molar-refractivity contribution in [2.45, 2.75) is 27.7 Å². The largest absolute Gasteiger partial charge is 0.384 e. The van der Waals surface area contributed by atoms with E-state index in [0.717, 1.165) is 12.2 Å². The van der Waals surface area contributed by atoms with Crippen LogP contribution in [0.4, 0.5) is 11.4 Å². The quantitative estimate of drug-likeness (QED) is 0.626. The summed E-state index contributed by atoms with van der Waals surface area (Å²) in [7, 11) is 0. The Morgan fingerprint density at radius 3 is 2.59 bits per heavy atom. The molecule has 0 saturated heterocycles. The van der Waals surface area contributed by atoms with Crippen molar-refractivity contribution in [2.75, 3.05) is 11.9 Å². The molecule has 0 aliphatic carbocycles. The number of nitrogens with zero attached hydrogens (tertiary/aromatic N) is 1. The lowest BCUT2D eigenvalue weighted by Crippen LogP contribution is -2.28. The highest BCUT2D eigenvalue weighted by Gasteiger charge is 2.21. The highest BCUT2D eigenvalue weighted by Crippen LogP contribution is 2.27. The Morgan fingerprint density at radius 1 is 1.41 bits per heavy atom. The molecule has 0 atom stereocenters. The van der Waals surface area contributed by atoms with E-state index in [-0.39, 0.29) is 16.0 Å². The Kier molecular flexibility index (Phi) is 4.10. The fourth-order valence-corrected chi connectivity index (χ4v) is 1.26. The van der Waals surface area contributed by atoms with Crippen molar-refractivity contribution in [1.82, 2.24) is 0 Å². The molecular formula is C13H20N2O2. The molecule has 0 unspecified atom stereocenters. The van der Waals surface area contributed by atoms with Crippen LogP contribution < -0.4 is 5.32 Å². The monoisotopic (exact) mass is 236 g/mol. The third-order valence-corrected chi connectivity index (χ3v) is 3.37. The lowest BCUT2D eigenvalue weighted by molar-refractivity contribution is -0.384. The van der Waals surface area contributed by atoms with Gasteiger partial charge < -0.3 is 5.32 Å². The van der Waals surface area contributed by atoms with Crippen molar-refractivity contribution in [1.29, 1.82) is 0 Å². The number of hydrogen-bond donors (Lipinski definition) is 1. The summed E-state index contributed by atoms with van der Waals surface area (Å²) in [4.78, 5) is 10.3. The SMILES string of the molecule is CC(C)C(C)(C)CNc1cccc([N+](=O)[O-])c1. The summed E-state index contributed by atoms with van der Waals surface area (Å²) in [6.45, 7) is 9.51. The van der Waals surface area contributed by atoms with Crippen molar-refractivity contribution >= 4 is 11.4 Å². The minimum Gasteiger partial charge on any atom is -0.384 e. The van der Waals surface area contributed by atoms with Gasteiger partial charge in [-0.15, -0.1) is 0 Å². The van der Waals surface area contributed by atoms with E-state index in [2.05, 4.69) is 33.0 Å². The van der Waals surface area contributed by atoms with Crippen molar-refractivity contribution in [2.24, 2.45) is 11.3 Å². The van der Waals surface area contributed by atoms with Crippen LogP contribution in [0, 0.1) is 21.4 Å². The van der Waals surface area contributed by atoms with Gasteiger partial charge in [-0.3, -0.25) is 10.1 Å². The number of benzene rings is 1. The second kappa shape index (κ2) is 5.17. The summed E-state index contributed by atoms with van der Waals surface area (Å²) in [5.41, 5.74) is 1.08. The van der Waals surface area contributed by atoms with Gasteiger partial charge in [-0.05, 0) is 17.4 Å². The summed E-state index contributed by atoms with van der Waals surface area (Å²) < 4.78 is 0. The Labute approximate surface area is 102 Å². The molecule has 0 fully saturated rings. The van der Waals surface area contributed by atoms with Gasteiger partial charge in [0.05, 0.1) is 4.92 Å². The van der Waals surface area contributed by atoms with Crippen LogP contribution in [0.1, 0.15) is 27.7 Å². The molecular weight excluding hydrogens is 216 g/mol. The van der Waals surface area contributed by atoms with Gasteiger partial charge in [0.25, 0.3) is 5.69 Å². The number of nitrogens with one attached hydrogen (secondary N) is 1. The molecule has 1 aromatic rings. The lowest BCUT2D eigenvalue weighted by Gasteiger charge is -2.29. The van der Waals surface area contributed by atoms with E-state index in [0.29, 0.717) is 5.92 Å². The minimum absolute atomic E-state index is 0.123. The predicted molar refractivity (Wildman–Crippen MR) is 70.2 cm³/mol. The molecule has 94 valence electrons. The second-order valence-electron chi connectivity index (χ2n) is 5.30. The van der Waals surface area contributed by atoms with Crippen molar-refractivity contribution in [3.05, 3.63) is 34.4 Å². The van der Waals surface area contributed by atoms with E-state index in [9.17, 15) is 10.1 Å². The summed E-state index contributed by atoms with van der Waals surface area (Å²) in [5.74, 6) is 0.550. The molecule has 0 spiro atoms. The van der Waals surface area contributed by atoms with Gasteiger partial charge in [-0.2, -0.15) is 0 Å². The molecule has 4 heteroatoms. The van der Waals surface area contributed by atoms with Crippen LogP contribution in [-0.4, -0.2) is 11.5 Å². The average Bonchev–Trinajstić information content (AvgIpc) is 2.26. The van der Waals surface area contributed by atoms with Gasteiger partial charge >= 0.3 is 0 Å². The molecule has 0 aromatic heterocycles. The Balaban J connectivity index is 2.70. The maximum absolute atomic E-state index is 10.6. The first kappa shape index (κ1) is 13.5. The Hall–Kier alpha value is -1.58. The van der Waals surface area contributed by atoms with E-state index in [1.54, 1.807) is 12.1 Å². The fourth-order valence-electron chi connectivity index (χ4n) is 1.26. The second-order valence-corrected chi connectivity index (χ2v) is 5.30. The summed E-state index contributed by atoms with van der Waals surface area (Å²) in [5, 5.41) is 13.9. The molecule has 1 aromatic carbocycles. The van der Waals surface area contributed by atoms with E-state index >= 15 is 0 Å². The fraction of sp³-hybridized carbons (Fsp3) is 0.538. The van der Waals surface area contributed by atoms with E-state index in [1.807, 2.05) is 6.07 Å². The molecule has 0 aliphatic heterocycles. The van der Waals surface area contributed by atoms with Crippen LogP contribution in [-0.2, 0) is 0 Å². The van der Waals surface area contributed by atoms with Crippen LogP contribution in [0.15, 0.2) is 24.3 Å². The molecule has 0 amide bonds. The maximum atomic E-state index is 10.6. The van der Waals surface area contributed by atoms with Gasteiger partial charge in [0.2, 0.25) is 0 Å². The number of anilines is 1. The maximum Gasteiger partial charge on any atom is 0.271 e. The van der Waals surface area contributed by atoms with E-state index < -0.39 is 0 Å². The lowest BCUT2D eigenvalue weighted by atomic mass is 9.81. The summed E-state index contributed by atoms with van der Waals surface area (Å²) in [6.07, 6.45) is 0. The first-order chi connectivity index (χ1) is 7.83. The van der Waals surface area contributed by atoms with Crippen LogP contribution >= 0.6 is 0 Å². The zero-order chi connectivity index (χ0) is 13.1. The third kappa shape index (κ3) is 3.73. The molecule has 0 heterocycles. The third-order valence-electron chi connectivity index (χ3n) is 3.37. The van der Waals surface area contributed by atoms with Gasteiger partial charge in [0.15, 0.2) is 0 Å². The minimum atomic E-state index is -0.376. The molecule has 0 radical (unpaired) electrons. The zero-order valence-corrected chi connectivity index (χ0v) is 10.9. The number of nitro groups is 1. The molecule has 0 aliphatic rings. The number of non-ortho nitro benzene ring substituents is 1. The number of rotatable bonds is 5. The summed E-state index contributed by atoms with van der Waals surface area (Å²) >= 11 is 0. The average molecular weight is 236 g/mol. The van der Waals surface area contributed by atoms with Crippen LogP contribution in [0.3, 0.4) is 0 Å². The highest BCUT2D eigenvalue weighted by atomic mass is 16.6. The molecule has 17 heavy (non-hydrogen) atoms. The molecule has 1 N–H and O–H groups in total. The smallest absolute Gasteiger partial charge is 0.271 e. The van der Waals surface area contributed by atoms with Crippen molar-refractivity contribution < 1.29 is 4.92 Å². The van der Waals surface area contributed by atoms with Gasteiger partial charge in [-0.25, -0.2) is 0 Å². The first-order valence-corrected chi connectivity index (χ1v) is 5.81. The van der Waals surface area contributed by atoms with Gasteiger partial charge in [0.1, 0.15) is 0 Å². The zero-order valence-electron chi connectivity index (χ0n) is 10.9. The summed E-state index contributed by atoms with van der Waals surface area (Å²) in [6, 6.07) is 6.61. The van der Waals surface area contributed by atoms with Crippen molar-refractivity contribution in [3.8, 4) is 0 Å². The Morgan fingerprint density at radius 2 is 2.06 bits per heavy atom.